The third kappa shape index (κ3) is 1.95. The molecule has 0 fully saturated rings. The Bertz CT molecular complexity index is 419. The molecule has 0 bridgehead atoms. The lowest BCUT2D eigenvalue weighted by molar-refractivity contribution is 0.527. The van der Waals surface area contributed by atoms with Crippen molar-refractivity contribution >= 4 is 0 Å². The van der Waals surface area contributed by atoms with Gasteiger partial charge in [-0.05, 0) is 6.42 Å². The monoisotopic (exact) mass is 221 g/mol. The highest BCUT2D eigenvalue weighted by molar-refractivity contribution is 5.09. The normalized spacial score (nSPS) is 12.9. The van der Waals surface area contributed by atoms with Crippen LogP contribution in [0.1, 0.15) is 31.0 Å². The summed E-state index contributed by atoms with van der Waals surface area (Å²) >= 11 is 0. The van der Waals surface area contributed by atoms with Crippen LogP contribution in [-0.2, 0) is 6.54 Å². The van der Waals surface area contributed by atoms with Crippen LogP contribution < -0.4 is 11.3 Å². The van der Waals surface area contributed by atoms with Crippen LogP contribution in [0.3, 0.4) is 0 Å². The number of nitrogens with one attached hydrogen (secondary N) is 2. The summed E-state index contributed by atoms with van der Waals surface area (Å²) in [5.74, 6) is 7.02. The molecule has 0 aliphatic rings. The summed E-state index contributed by atoms with van der Waals surface area (Å²) in [6.45, 7) is 3.02. The zero-order valence-corrected chi connectivity index (χ0v) is 9.09. The molecule has 2 rings (SSSR count). The van der Waals surface area contributed by atoms with Crippen LogP contribution in [0.15, 0.2) is 18.7 Å². The average molecular weight is 221 g/mol. The molecule has 7 nitrogen and oxygen atoms in total. The number of hydrazine groups is 1. The predicted octanol–water partition coefficient (Wildman–Crippen LogP) is -0.0361. The third-order valence-corrected chi connectivity index (χ3v) is 2.34. The van der Waals surface area contributed by atoms with Gasteiger partial charge in [-0.2, -0.15) is 5.10 Å². The van der Waals surface area contributed by atoms with Crippen LogP contribution in [0, 0.1) is 0 Å². The highest BCUT2D eigenvalue weighted by atomic mass is 15.3. The lowest BCUT2D eigenvalue weighted by atomic mass is 10.2. The van der Waals surface area contributed by atoms with Crippen molar-refractivity contribution in [1.29, 1.82) is 0 Å². The Morgan fingerprint density at radius 2 is 2.44 bits per heavy atom. The van der Waals surface area contributed by atoms with Gasteiger partial charge in [0.25, 0.3) is 0 Å². The molecule has 1 unspecified atom stereocenters. The van der Waals surface area contributed by atoms with Gasteiger partial charge in [-0.1, -0.05) is 6.92 Å². The van der Waals surface area contributed by atoms with E-state index in [1.165, 1.54) is 6.33 Å². The van der Waals surface area contributed by atoms with Gasteiger partial charge in [0.05, 0.1) is 0 Å². The van der Waals surface area contributed by atoms with Crippen molar-refractivity contribution < 1.29 is 0 Å². The molecular formula is C9H15N7. The lowest BCUT2D eigenvalue weighted by Crippen LogP contribution is -2.32. The fourth-order valence-corrected chi connectivity index (χ4v) is 1.64. The Morgan fingerprint density at radius 3 is 3.06 bits per heavy atom. The van der Waals surface area contributed by atoms with E-state index in [0.29, 0.717) is 5.82 Å². The van der Waals surface area contributed by atoms with Crippen molar-refractivity contribution in [3.8, 4) is 0 Å². The number of aromatic nitrogens is 5. The average Bonchev–Trinajstić information content (AvgIpc) is 2.92. The van der Waals surface area contributed by atoms with E-state index in [9.17, 15) is 0 Å². The number of H-pyrrole nitrogens is 1. The number of aryl methyl sites for hydroxylation is 1. The molecule has 0 saturated carbocycles. The lowest BCUT2D eigenvalue weighted by Gasteiger charge is -2.14. The number of aromatic amines is 1. The van der Waals surface area contributed by atoms with Gasteiger partial charge in [0.15, 0.2) is 5.82 Å². The summed E-state index contributed by atoms with van der Waals surface area (Å²) in [6, 6.07) is -0.260. The summed E-state index contributed by atoms with van der Waals surface area (Å²) in [5, 5.41) is 6.60. The first kappa shape index (κ1) is 10.8. The van der Waals surface area contributed by atoms with E-state index in [0.717, 1.165) is 18.8 Å². The van der Waals surface area contributed by atoms with Gasteiger partial charge in [0, 0.05) is 18.9 Å². The zero-order valence-electron chi connectivity index (χ0n) is 9.09. The Hall–Kier alpha value is -1.73. The highest BCUT2D eigenvalue weighted by Gasteiger charge is 2.19. The smallest absolute Gasteiger partial charge is 0.150 e. The second-order valence-electron chi connectivity index (χ2n) is 3.45. The van der Waals surface area contributed by atoms with Crippen molar-refractivity contribution in [2.75, 3.05) is 0 Å². The molecular weight excluding hydrogens is 206 g/mol. The fraction of sp³-hybridized carbons (Fsp3) is 0.444. The molecule has 0 amide bonds. The summed E-state index contributed by atoms with van der Waals surface area (Å²) in [5.41, 5.74) is 2.69. The SMILES string of the molecule is CCCn1ccnc1C(NN)c1ncn[nH]1. The van der Waals surface area contributed by atoms with Gasteiger partial charge < -0.3 is 4.57 Å². The number of nitrogens with zero attached hydrogens (tertiary/aromatic N) is 4. The largest absolute Gasteiger partial charge is 0.333 e. The van der Waals surface area contributed by atoms with Crippen molar-refractivity contribution in [3.63, 3.8) is 0 Å². The molecule has 0 spiro atoms. The van der Waals surface area contributed by atoms with Gasteiger partial charge in [-0.3, -0.25) is 10.9 Å². The Kier molecular flexibility index (Phi) is 3.28. The summed E-state index contributed by atoms with van der Waals surface area (Å²) in [4.78, 5) is 8.38. The molecule has 0 saturated heterocycles. The van der Waals surface area contributed by atoms with E-state index in [4.69, 9.17) is 5.84 Å². The molecule has 0 aromatic carbocycles. The fourth-order valence-electron chi connectivity index (χ4n) is 1.64. The minimum absolute atomic E-state index is 0.260. The molecule has 2 aromatic rings. The topological polar surface area (TPSA) is 97.4 Å². The van der Waals surface area contributed by atoms with E-state index in [2.05, 4.69) is 32.5 Å². The van der Waals surface area contributed by atoms with Gasteiger partial charge >= 0.3 is 0 Å². The molecule has 0 aliphatic heterocycles. The number of imidazole rings is 1. The van der Waals surface area contributed by atoms with E-state index in [-0.39, 0.29) is 6.04 Å². The molecule has 2 aromatic heterocycles. The maximum absolute atomic E-state index is 5.53. The Morgan fingerprint density at radius 1 is 1.56 bits per heavy atom. The van der Waals surface area contributed by atoms with E-state index in [1.54, 1.807) is 6.20 Å². The van der Waals surface area contributed by atoms with E-state index in [1.807, 2.05) is 10.8 Å². The standard InChI is InChI=1S/C9H15N7/c1-2-4-16-5-3-11-9(16)7(14-10)8-12-6-13-15-8/h3,5-7,14H,2,4,10H2,1H3,(H,12,13,15). The molecule has 4 N–H and O–H groups in total. The quantitative estimate of drug-likeness (QED) is 0.486. The molecule has 1 atom stereocenters. The Balaban J connectivity index is 2.30. The molecule has 2 heterocycles. The molecule has 0 aliphatic carbocycles. The number of rotatable bonds is 5. The van der Waals surface area contributed by atoms with Gasteiger partial charge in [-0.15, -0.1) is 0 Å². The predicted molar refractivity (Wildman–Crippen MR) is 58.1 cm³/mol. The van der Waals surface area contributed by atoms with Crippen LogP contribution in [0.4, 0.5) is 0 Å². The van der Waals surface area contributed by atoms with Crippen molar-refractivity contribution in [1.82, 2.24) is 30.2 Å². The molecule has 0 radical (unpaired) electrons. The Labute approximate surface area is 93.1 Å². The van der Waals surface area contributed by atoms with Crippen molar-refractivity contribution in [2.24, 2.45) is 5.84 Å². The second-order valence-corrected chi connectivity index (χ2v) is 3.45. The second kappa shape index (κ2) is 4.86. The summed E-state index contributed by atoms with van der Waals surface area (Å²) < 4.78 is 2.05. The van der Waals surface area contributed by atoms with Crippen LogP contribution in [0.25, 0.3) is 0 Å². The van der Waals surface area contributed by atoms with Crippen LogP contribution in [-0.4, -0.2) is 24.7 Å². The van der Waals surface area contributed by atoms with Crippen LogP contribution in [0.5, 0.6) is 0 Å². The molecule has 86 valence electrons. The molecule has 7 heteroatoms. The highest BCUT2D eigenvalue weighted by Crippen LogP contribution is 2.15. The van der Waals surface area contributed by atoms with Crippen LogP contribution >= 0.6 is 0 Å². The number of hydrogen-bond acceptors (Lipinski definition) is 5. The molecule has 16 heavy (non-hydrogen) atoms. The summed E-state index contributed by atoms with van der Waals surface area (Å²) in [6.07, 6.45) is 6.18. The van der Waals surface area contributed by atoms with Gasteiger partial charge in [0.1, 0.15) is 18.2 Å². The first-order valence-corrected chi connectivity index (χ1v) is 5.19. The first-order valence-electron chi connectivity index (χ1n) is 5.19. The summed E-state index contributed by atoms with van der Waals surface area (Å²) in [7, 11) is 0. The minimum atomic E-state index is -0.260. The number of hydrogen-bond donors (Lipinski definition) is 3. The minimum Gasteiger partial charge on any atom is -0.333 e. The maximum Gasteiger partial charge on any atom is 0.150 e. The van der Waals surface area contributed by atoms with E-state index >= 15 is 0 Å². The third-order valence-electron chi connectivity index (χ3n) is 2.34. The maximum atomic E-state index is 5.53. The van der Waals surface area contributed by atoms with Crippen molar-refractivity contribution in [2.45, 2.75) is 25.9 Å². The van der Waals surface area contributed by atoms with Crippen molar-refractivity contribution in [3.05, 3.63) is 30.4 Å². The van der Waals surface area contributed by atoms with E-state index < -0.39 is 0 Å². The number of nitrogens with two attached hydrogens (primary N) is 1. The zero-order chi connectivity index (χ0) is 11.4. The van der Waals surface area contributed by atoms with Gasteiger partial charge in [0.2, 0.25) is 0 Å². The van der Waals surface area contributed by atoms with Gasteiger partial charge in [-0.25, -0.2) is 15.4 Å². The first-order chi connectivity index (χ1) is 7.86. The van der Waals surface area contributed by atoms with Crippen LogP contribution in [0.2, 0.25) is 0 Å².